The second kappa shape index (κ2) is 12.6. The first-order valence-corrected chi connectivity index (χ1v) is 13.3. The predicted octanol–water partition coefficient (Wildman–Crippen LogP) is 4.39. The van der Waals surface area contributed by atoms with Crippen LogP contribution in [0.5, 0.6) is 5.75 Å². The fourth-order valence-electron chi connectivity index (χ4n) is 4.89. The molecule has 0 radical (unpaired) electrons. The lowest BCUT2D eigenvalue weighted by atomic mass is 10.1. The van der Waals surface area contributed by atoms with Gasteiger partial charge < -0.3 is 19.3 Å². The maximum Gasteiger partial charge on any atom is 0.419 e. The third kappa shape index (κ3) is 7.06. The van der Waals surface area contributed by atoms with Crippen molar-refractivity contribution in [1.29, 1.82) is 0 Å². The number of ether oxygens (including phenoxy) is 2. The molecule has 4 rings (SSSR count). The number of hydrogen-bond acceptors (Lipinski definition) is 5. The average molecular weight is 537 g/mol. The quantitative estimate of drug-likeness (QED) is 0.582. The first-order chi connectivity index (χ1) is 18.3. The van der Waals surface area contributed by atoms with Crippen LogP contribution in [0.25, 0.3) is 0 Å². The first kappa shape index (κ1) is 27.9. The Kier molecular flexibility index (Phi) is 9.30. The highest BCUT2D eigenvalue weighted by Crippen LogP contribution is 2.29. The Morgan fingerprint density at radius 2 is 1.76 bits per heavy atom. The molecule has 2 aliphatic heterocycles. The number of rotatable bonds is 3. The number of halogens is 3. The van der Waals surface area contributed by atoms with Gasteiger partial charge in [0, 0.05) is 25.9 Å². The maximum absolute atomic E-state index is 13.4. The minimum atomic E-state index is -4.52. The van der Waals surface area contributed by atoms with Crippen molar-refractivity contribution in [2.45, 2.75) is 70.4 Å². The number of fused-ring (bicyclic) bond motifs is 2. The summed E-state index contributed by atoms with van der Waals surface area (Å²) < 4.78 is 52.2. The fraction of sp³-hybridized carbons (Fsp3) is 0.593. The Morgan fingerprint density at radius 1 is 1.05 bits per heavy atom. The van der Waals surface area contributed by atoms with Crippen LogP contribution in [0.4, 0.5) is 13.2 Å². The highest BCUT2D eigenvalue weighted by atomic mass is 19.4. The van der Waals surface area contributed by atoms with E-state index < -0.39 is 23.9 Å². The third-order valence-electron chi connectivity index (χ3n) is 7.04. The molecule has 0 saturated carbocycles. The molecule has 208 valence electrons. The molecule has 1 aromatic carbocycles. The van der Waals surface area contributed by atoms with Crippen molar-refractivity contribution >= 4 is 11.8 Å². The Morgan fingerprint density at radius 3 is 2.50 bits per heavy atom. The number of likely N-dealkylation sites (tertiary alicyclic amines) is 1. The molecule has 3 heterocycles. The van der Waals surface area contributed by atoms with Crippen molar-refractivity contribution in [3.63, 3.8) is 0 Å². The number of carbonyl (C=O) groups is 2. The van der Waals surface area contributed by atoms with Crippen molar-refractivity contribution < 1.29 is 32.2 Å². The summed E-state index contributed by atoms with van der Waals surface area (Å²) in [7, 11) is 0. The Balaban J connectivity index is 1.51. The van der Waals surface area contributed by atoms with Gasteiger partial charge in [0.25, 0.3) is 5.91 Å². The number of para-hydroxylation sites is 1. The summed E-state index contributed by atoms with van der Waals surface area (Å²) in [6, 6.07) is 7.08. The number of aromatic nitrogens is 2. The van der Waals surface area contributed by atoms with Crippen LogP contribution in [0, 0.1) is 0 Å². The maximum atomic E-state index is 13.4. The molecule has 0 unspecified atom stereocenters. The van der Waals surface area contributed by atoms with Crippen LogP contribution in [0.1, 0.15) is 61.4 Å². The molecule has 2 aromatic rings. The summed E-state index contributed by atoms with van der Waals surface area (Å²) in [6.45, 7) is 3.87. The second-order valence-corrected chi connectivity index (χ2v) is 9.79. The van der Waals surface area contributed by atoms with Crippen LogP contribution in [0.15, 0.2) is 36.7 Å². The molecule has 38 heavy (non-hydrogen) atoms. The smallest absolute Gasteiger partial charge is 0.419 e. The van der Waals surface area contributed by atoms with E-state index in [0.717, 1.165) is 49.4 Å². The van der Waals surface area contributed by atoms with Crippen molar-refractivity contribution in [2.24, 2.45) is 0 Å². The Bertz CT molecular complexity index is 1090. The SMILES string of the molecule is CCN1CCCCCCCCO[C@@H]2CN(C(=O)Cn3cc(C(F)(F)F)cn3)C[C@H]2Oc2ccccc2C1=O. The molecule has 8 nitrogen and oxygen atoms in total. The summed E-state index contributed by atoms with van der Waals surface area (Å²) >= 11 is 0. The van der Waals surface area contributed by atoms with Gasteiger partial charge in [-0.2, -0.15) is 18.3 Å². The normalized spacial score (nSPS) is 22.1. The first-order valence-electron chi connectivity index (χ1n) is 13.3. The molecule has 0 spiro atoms. The number of alkyl halides is 3. The lowest BCUT2D eigenvalue weighted by molar-refractivity contribution is -0.138. The van der Waals surface area contributed by atoms with Crippen molar-refractivity contribution in [3.05, 3.63) is 47.8 Å². The lowest BCUT2D eigenvalue weighted by Crippen LogP contribution is -2.35. The summed E-state index contributed by atoms with van der Waals surface area (Å²) in [5.74, 6) is -0.0514. The largest absolute Gasteiger partial charge is 0.485 e. The number of amides is 2. The van der Waals surface area contributed by atoms with Crippen LogP contribution < -0.4 is 4.74 Å². The Labute approximate surface area is 220 Å². The number of nitrogens with zero attached hydrogens (tertiary/aromatic N) is 4. The minimum Gasteiger partial charge on any atom is -0.485 e. The molecule has 11 heteroatoms. The van der Waals surface area contributed by atoms with E-state index in [1.165, 1.54) is 4.90 Å². The minimum absolute atomic E-state index is 0.0993. The molecule has 1 saturated heterocycles. The van der Waals surface area contributed by atoms with Gasteiger partial charge in [-0.3, -0.25) is 14.3 Å². The number of carbonyl (C=O) groups excluding carboxylic acids is 2. The second-order valence-electron chi connectivity index (χ2n) is 9.79. The van der Waals surface area contributed by atoms with E-state index in [1.807, 2.05) is 11.8 Å². The van der Waals surface area contributed by atoms with E-state index in [4.69, 9.17) is 9.47 Å². The number of hydrogen-bond donors (Lipinski definition) is 0. The van der Waals surface area contributed by atoms with Gasteiger partial charge in [-0.05, 0) is 31.9 Å². The summed E-state index contributed by atoms with van der Waals surface area (Å²) in [6.07, 6.45) is 2.16. The zero-order chi connectivity index (χ0) is 27.1. The van der Waals surface area contributed by atoms with Gasteiger partial charge in [0.1, 0.15) is 24.5 Å². The number of benzene rings is 1. The molecule has 0 N–H and O–H groups in total. The van der Waals surface area contributed by atoms with Gasteiger partial charge in [0.2, 0.25) is 5.91 Å². The molecular weight excluding hydrogens is 501 g/mol. The predicted molar refractivity (Wildman–Crippen MR) is 134 cm³/mol. The summed E-state index contributed by atoms with van der Waals surface area (Å²) in [4.78, 5) is 29.7. The molecule has 2 atom stereocenters. The zero-order valence-electron chi connectivity index (χ0n) is 21.7. The lowest BCUT2D eigenvalue weighted by Gasteiger charge is -2.25. The average Bonchev–Trinajstić information content (AvgIpc) is 3.52. The van der Waals surface area contributed by atoms with E-state index in [-0.39, 0.29) is 31.4 Å². The van der Waals surface area contributed by atoms with Crippen molar-refractivity contribution in [3.8, 4) is 5.75 Å². The molecule has 2 aliphatic rings. The molecule has 0 aliphatic carbocycles. The summed E-state index contributed by atoms with van der Waals surface area (Å²) in [5, 5.41) is 3.69. The molecule has 2 amide bonds. The van der Waals surface area contributed by atoms with Crippen LogP contribution in [0.3, 0.4) is 0 Å². The highest BCUT2D eigenvalue weighted by molar-refractivity contribution is 5.97. The van der Waals surface area contributed by atoms with Gasteiger partial charge >= 0.3 is 6.18 Å². The van der Waals surface area contributed by atoms with Crippen LogP contribution in [-0.4, -0.2) is 76.4 Å². The van der Waals surface area contributed by atoms with Crippen LogP contribution in [0.2, 0.25) is 0 Å². The fourth-order valence-corrected chi connectivity index (χ4v) is 4.89. The van der Waals surface area contributed by atoms with Crippen LogP contribution >= 0.6 is 0 Å². The van der Waals surface area contributed by atoms with E-state index >= 15 is 0 Å². The van der Waals surface area contributed by atoms with E-state index in [9.17, 15) is 22.8 Å². The van der Waals surface area contributed by atoms with Gasteiger partial charge in [-0.25, -0.2) is 0 Å². The van der Waals surface area contributed by atoms with Crippen molar-refractivity contribution in [2.75, 3.05) is 32.8 Å². The molecule has 0 bridgehead atoms. The van der Waals surface area contributed by atoms with Gasteiger partial charge in [0.05, 0.1) is 30.4 Å². The van der Waals surface area contributed by atoms with Gasteiger partial charge in [-0.15, -0.1) is 0 Å². The Hall–Kier alpha value is -3.08. The highest BCUT2D eigenvalue weighted by Gasteiger charge is 2.39. The van der Waals surface area contributed by atoms with E-state index in [1.54, 1.807) is 24.3 Å². The van der Waals surface area contributed by atoms with Crippen LogP contribution in [-0.2, 0) is 22.3 Å². The monoisotopic (exact) mass is 536 g/mol. The zero-order valence-corrected chi connectivity index (χ0v) is 21.7. The molecule has 1 fully saturated rings. The van der Waals surface area contributed by atoms with E-state index in [0.29, 0.717) is 37.2 Å². The van der Waals surface area contributed by atoms with Gasteiger partial charge in [-0.1, -0.05) is 37.8 Å². The molecule has 1 aromatic heterocycles. The van der Waals surface area contributed by atoms with Crippen molar-refractivity contribution in [1.82, 2.24) is 19.6 Å². The van der Waals surface area contributed by atoms with E-state index in [2.05, 4.69) is 5.10 Å². The standard InChI is InChI=1S/C27H35F3N4O4/c1-2-32-13-9-5-3-4-6-10-14-37-23-17-33(25(35)19-34-16-20(15-31-34)27(28,29)30)18-24(23)38-22-12-8-7-11-21(22)26(32)36/h7-8,11-12,15-16,23-24H,2-6,9-10,13-14,17-19H2,1H3/t23-,24-/m1/s1. The third-order valence-corrected chi connectivity index (χ3v) is 7.04. The van der Waals surface area contributed by atoms with Gasteiger partial charge in [0.15, 0.2) is 0 Å². The molecular formula is C27H35F3N4O4. The topological polar surface area (TPSA) is 76.9 Å². The summed E-state index contributed by atoms with van der Waals surface area (Å²) in [5.41, 5.74) is -0.443.